The Morgan fingerprint density at radius 3 is 2.50 bits per heavy atom. The largest absolute Gasteiger partial charge is 0.455 e. The molecule has 0 aliphatic heterocycles. The van der Waals surface area contributed by atoms with Gasteiger partial charge in [-0.05, 0) is 52.3 Å². The summed E-state index contributed by atoms with van der Waals surface area (Å²) in [6.07, 6.45) is 0. The van der Waals surface area contributed by atoms with Gasteiger partial charge in [0.1, 0.15) is 17.6 Å². The third-order valence-corrected chi connectivity index (χ3v) is 3.53. The molecule has 0 aliphatic carbocycles. The monoisotopic (exact) mass is 385 g/mol. The van der Waals surface area contributed by atoms with Crippen molar-refractivity contribution in [3.05, 3.63) is 55.9 Å². The molecule has 0 heterocycles. The summed E-state index contributed by atoms with van der Waals surface area (Å²) in [6, 6.07) is 12.5. The van der Waals surface area contributed by atoms with Crippen LogP contribution < -0.4 is 4.74 Å². The zero-order valence-corrected chi connectivity index (χ0v) is 12.9. The standard InChI is InChI=1S/C13H6Br2ClNO/c14-9-2-1-8(7-17)13(5-9)18-12-4-3-10(16)6-11(12)15/h1-6H. The average molecular weight is 387 g/mol. The Hall–Kier alpha value is -1.02. The van der Waals surface area contributed by atoms with Gasteiger partial charge in [0, 0.05) is 9.50 Å². The van der Waals surface area contributed by atoms with Crippen LogP contribution in [0.15, 0.2) is 45.3 Å². The van der Waals surface area contributed by atoms with Gasteiger partial charge in [-0.25, -0.2) is 0 Å². The molecule has 5 heteroatoms. The summed E-state index contributed by atoms with van der Waals surface area (Å²) in [5, 5.41) is 9.64. The third kappa shape index (κ3) is 3.05. The van der Waals surface area contributed by atoms with Crippen molar-refractivity contribution in [1.82, 2.24) is 0 Å². The van der Waals surface area contributed by atoms with E-state index in [1.807, 2.05) is 0 Å². The molecule has 0 bridgehead atoms. The minimum atomic E-state index is 0.472. The fraction of sp³-hybridized carbons (Fsp3) is 0. The van der Waals surface area contributed by atoms with Crippen LogP contribution in [0.25, 0.3) is 0 Å². The van der Waals surface area contributed by atoms with Crippen molar-refractivity contribution in [1.29, 1.82) is 5.26 Å². The van der Waals surface area contributed by atoms with Gasteiger partial charge in [-0.2, -0.15) is 5.26 Å². The Labute approximate surface area is 126 Å². The first-order valence-corrected chi connectivity index (χ1v) is 6.89. The number of hydrogen-bond donors (Lipinski definition) is 0. The highest BCUT2D eigenvalue weighted by Crippen LogP contribution is 2.34. The smallest absolute Gasteiger partial charge is 0.146 e. The Kier molecular flexibility index (Phi) is 4.28. The minimum absolute atomic E-state index is 0.472. The minimum Gasteiger partial charge on any atom is -0.455 e. The fourth-order valence-electron chi connectivity index (χ4n) is 1.35. The molecule has 0 radical (unpaired) electrons. The van der Waals surface area contributed by atoms with Crippen molar-refractivity contribution in [2.45, 2.75) is 0 Å². The van der Waals surface area contributed by atoms with E-state index in [9.17, 15) is 0 Å². The molecule has 0 aliphatic rings. The van der Waals surface area contributed by atoms with E-state index in [-0.39, 0.29) is 0 Å². The van der Waals surface area contributed by atoms with Crippen LogP contribution in [0.5, 0.6) is 11.5 Å². The highest BCUT2D eigenvalue weighted by atomic mass is 79.9. The van der Waals surface area contributed by atoms with Crippen molar-refractivity contribution >= 4 is 43.5 Å². The number of hydrogen-bond acceptors (Lipinski definition) is 2. The van der Waals surface area contributed by atoms with Crippen LogP contribution >= 0.6 is 43.5 Å². The first-order valence-electron chi connectivity index (χ1n) is 4.92. The Morgan fingerprint density at radius 1 is 1.06 bits per heavy atom. The van der Waals surface area contributed by atoms with Gasteiger partial charge in [0.25, 0.3) is 0 Å². The molecular weight excluding hydrogens is 381 g/mol. The molecule has 0 fully saturated rings. The lowest BCUT2D eigenvalue weighted by Gasteiger charge is -2.09. The molecule has 2 aromatic rings. The maximum atomic E-state index is 9.02. The highest BCUT2D eigenvalue weighted by Gasteiger charge is 2.08. The summed E-state index contributed by atoms with van der Waals surface area (Å²) < 4.78 is 7.29. The number of benzene rings is 2. The summed E-state index contributed by atoms with van der Waals surface area (Å²) in [7, 11) is 0. The summed E-state index contributed by atoms with van der Waals surface area (Å²) >= 11 is 12.6. The number of rotatable bonds is 2. The molecule has 0 N–H and O–H groups in total. The van der Waals surface area contributed by atoms with E-state index in [1.165, 1.54) is 0 Å². The maximum absolute atomic E-state index is 9.02. The first kappa shape index (κ1) is 13.4. The van der Waals surface area contributed by atoms with Crippen LogP contribution in [0.1, 0.15) is 5.56 Å². The average Bonchev–Trinajstić information content (AvgIpc) is 2.33. The predicted molar refractivity (Wildman–Crippen MR) is 78.1 cm³/mol. The molecule has 0 aromatic heterocycles. The first-order chi connectivity index (χ1) is 8.60. The van der Waals surface area contributed by atoms with Gasteiger partial charge in [0.05, 0.1) is 10.0 Å². The van der Waals surface area contributed by atoms with Crippen LogP contribution in [-0.4, -0.2) is 0 Å². The van der Waals surface area contributed by atoms with Crippen molar-refractivity contribution in [3.63, 3.8) is 0 Å². The van der Waals surface area contributed by atoms with Gasteiger partial charge in [-0.3, -0.25) is 0 Å². The molecular formula is C13H6Br2ClNO. The van der Waals surface area contributed by atoms with Gasteiger partial charge >= 0.3 is 0 Å². The lowest BCUT2D eigenvalue weighted by atomic mass is 10.2. The molecule has 2 aromatic carbocycles. The van der Waals surface area contributed by atoms with Gasteiger partial charge < -0.3 is 4.74 Å². The van der Waals surface area contributed by atoms with E-state index in [4.69, 9.17) is 21.6 Å². The summed E-state index contributed by atoms with van der Waals surface area (Å²) in [4.78, 5) is 0. The van der Waals surface area contributed by atoms with Gasteiger partial charge in [-0.1, -0.05) is 27.5 Å². The van der Waals surface area contributed by atoms with Crippen LogP contribution in [-0.2, 0) is 0 Å². The number of nitriles is 1. The van der Waals surface area contributed by atoms with Crippen LogP contribution in [0.3, 0.4) is 0 Å². The van der Waals surface area contributed by atoms with E-state index >= 15 is 0 Å². The van der Waals surface area contributed by atoms with E-state index < -0.39 is 0 Å². The van der Waals surface area contributed by atoms with Crippen LogP contribution in [0.2, 0.25) is 5.02 Å². The zero-order valence-electron chi connectivity index (χ0n) is 8.95. The van der Waals surface area contributed by atoms with Crippen molar-refractivity contribution < 1.29 is 4.74 Å². The molecule has 0 atom stereocenters. The van der Waals surface area contributed by atoms with Gasteiger partial charge in [0.15, 0.2) is 0 Å². The second kappa shape index (κ2) is 5.75. The highest BCUT2D eigenvalue weighted by molar-refractivity contribution is 9.10. The molecule has 0 spiro atoms. The molecule has 90 valence electrons. The van der Waals surface area contributed by atoms with Crippen molar-refractivity contribution in [2.75, 3.05) is 0 Å². The summed E-state index contributed by atoms with van der Waals surface area (Å²) in [5.41, 5.74) is 0.472. The lowest BCUT2D eigenvalue weighted by molar-refractivity contribution is 0.478. The second-order valence-electron chi connectivity index (χ2n) is 3.43. The maximum Gasteiger partial charge on any atom is 0.146 e. The van der Waals surface area contributed by atoms with E-state index in [0.717, 1.165) is 8.95 Å². The number of nitrogens with zero attached hydrogens (tertiary/aromatic N) is 1. The fourth-order valence-corrected chi connectivity index (χ4v) is 2.45. The Morgan fingerprint density at radius 2 is 1.83 bits per heavy atom. The van der Waals surface area contributed by atoms with Crippen molar-refractivity contribution in [3.8, 4) is 17.6 Å². The Bertz CT molecular complexity index is 637. The van der Waals surface area contributed by atoms with E-state index in [0.29, 0.717) is 22.1 Å². The topological polar surface area (TPSA) is 33.0 Å². The SMILES string of the molecule is N#Cc1ccc(Br)cc1Oc1ccc(Cl)cc1Br. The quantitative estimate of drug-likeness (QED) is 0.679. The van der Waals surface area contributed by atoms with E-state index in [1.54, 1.807) is 36.4 Å². The second-order valence-corrected chi connectivity index (χ2v) is 5.64. The zero-order chi connectivity index (χ0) is 13.1. The molecule has 2 nitrogen and oxygen atoms in total. The summed E-state index contributed by atoms with van der Waals surface area (Å²) in [6.45, 7) is 0. The van der Waals surface area contributed by atoms with Crippen LogP contribution in [0.4, 0.5) is 0 Å². The van der Waals surface area contributed by atoms with Gasteiger partial charge in [0.2, 0.25) is 0 Å². The lowest BCUT2D eigenvalue weighted by Crippen LogP contribution is -1.89. The number of halogens is 3. The summed E-state index contributed by atoms with van der Waals surface area (Å²) in [5.74, 6) is 1.10. The molecule has 2 rings (SSSR count). The number of ether oxygens (including phenoxy) is 1. The predicted octanol–water partition coefficient (Wildman–Crippen LogP) is 5.53. The normalized spacial score (nSPS) is 9.89. The molecule has 0 saturated carbocycles. The Balaban J connectivity index is 2.40. The third-order valence-electron chi connectivity index (χ3n) is 2.18. The molecule has 0 unspecified atom stereocenters. The van der Waals surface area contributed by atoms with Crippen molar-refractivity contribution in [2.24, 2.45) is 0 Å². The van der Waals surface area contributed by atoms with E-state index in [2.05, 4.69) is 37.9 Å². The molecule has 0 amide bonds. The van der Waals surface area contributed by atoms with Gasteiger partial charge in [-0.15, -0.1) is 0 Å². The molecule has 18 heavy (non-hydrogen) atoms. The molecule has 0 saturated heterocycles. The van der Waals surface area contributed by atoms with Crippen LogP contribution in [0, 0.1) is 11.3 Å².